The van der Waals surface area contributed by atoms with Crippen molar-refractivity contribution in [1.82, 2.24) is 14.9 Å². The number of hydrogen-bond donors (Lipinski definition) is 2. The summed E-state index contributed by atoms with van der Waals surface area (Å²) in [5.41, 5.74) is 0.598. The molecule has 11 heteroatoms. The van der Waals surface area contributed by atoms with Crippen LogP contribution in [0.15, 0.2) is 53.4 Å². The van der Waals surface area contributed by atoms with Crippen LogP contribution in [-0.2, 0) is 26.1 Å². The number of ether oxygens (including phenoxy) is 1. The van der Waals surface area contributed by atoms with Gasteiger partial charge in [0.05, 0.1) is 5.56 Å². The molecule has 0 bridgehead atoms. The van der Waals surface area contributed by atoms with Crippen molar-refractivity contribution in [1.29, 1.82) is 0 Å². The molecule has 0 aromatic heterocycles. The van der Waals surface area contributed by atoms with Crippen LogP contribution in [0.1, 0.15) is 42.1 Å². The first kappa shape index (κ1) is 25.3. The Hall–Kier alpha value is -3.31. The van der Waals surface area contributed by atoms with Gasteiger partial charge in [-0.2, -0.15) is 4.31 Å². The van der Waals surface area contributed by atoms with Crippen LogP contribution in [0.25, 0.3) is 0 Å². The van der Waals surface area contributed by atoms with Crippen LogP contribution in [0.3, 0.4) is 0 Å². The van der Waals surface area contributed by atoms with E-state index in [4.69, 9.17) is 4.74 Å². The summed E-state index contributed by atoms with van der Waals surface area (Å²) in [7, 11) is -4.12. The van der Waals surface area contributed by atoms with Crippen molar-refractivity contribution in [2.75, 3.05) is 13.1 Å². The minimum atomic E-state index is -4.12. The average molecular weight is 492 g/mol. The Bertz CT molecular complexity index is 1150. The molecule has 0 aliphatic carbocycles. The highest BCUT2D eigenvalue weighted by molar-refractivity contribution is 7.89. The number of benzene rings is 2. The summed E-state index contributed by atoms with van der Waals surface area (Å²) in [4.78, 5) is 36.0. The lowest BCUT2D eigenvalue weighted by atomic mass is 10.2. The number of amides is 3. The van der Waals surface area contributed by atoms with E-state index < -0.39 is 44.7 Å². The smallest absolute Gasteiger partial charge is 0.338 e. The molecular formula is C23H26FN3O6S. The maximum atomic E-state index is 14.3. The van der Waals surface area contributed by atoms with Gasteiger partial charge >= 0.3 is 12.0 Å². The highest BCUT2D eigenvalue weighted by Crippen LogP contribution is 2.24. The third-order valence-electron chi connectivity index (χ3n) is 5.29. The lowest BCUT2D eigenvalue weighted by Gasteiger charge is -2.26. The Morgan fingerprint density at radius 3 is 2.41 bits per heavy atom. The Morgan fingerprint density at radius 1 is 1.06 bits per heavy atom. The summed E-state index contributed by atoms with van der Waals surface area (Å²) in [6.07, 6.45) is 0.884. The number of esters is 1. The van der Waals surface area contributed by atoms with Gasteiger partial charge in [0.25, 0.3) is 5.91 Å². The number of nitrogens with one attached hydrogen (secondary N) is 2. The zero-order valence-corrected chi connectivity index (χ0v) is 19.4. The van der Waals surface area contributed by atoms with E-state index in [-0.39, 0.29) is 25.2 Å². The van der Waals surface area contributed by atoms with Gasteiger partial charge in [-0.25, -0.2) is 22.4 Å². The molecule has 1 heterocycles. The topological polar surface area (TPSA) is 122 Å². The van der Waals surface area contributed by atoms with Crippen molar-refractivity contribution in [3.63, 3.8) is 0 Å². The number of nitrogens with zero attached hydrogens (tertiary/aromatic N) is 1. The average Bonchev–Trinajstić information content (AvgIpc) is 2.84. The molecule has 0 saturated carbocycles. The molecule has 34 heavy (non-hydrogen) atoms. The molecule has 0 radical (unpaired) electrons. The molecule has 1 aliphatic heterocycles. The van der Waals surface area contributed by atoms with Crippen LogP contribution in [0.4, 0.5) is 9.18 Å². The van der Waals surface area contributed by atoms with E-state index in [0.717, 1.165) is 30.2 Å². The maximum absolute atomic E-state index is 14.3. The zero-order valence-electron chi connectivity index (χ0n) is 18.6. The molecule has 3 rings (SSSR count). The monoisotopic (exact) mass is 491 g/mol. The molecule has 0 spiro atoms. The van der Waals surface area contributed by atoms with Gasteiger partial charge in [-0.05, 0) is 43.5 Å². The predicted octanol–water partition coefficient (Wildman–Crippen LogP) is 2.57. The van der Waals surface area contributed by atoms with E-state index in [1.54, 1.807) is 24.3 Å². The second kappa shape index (κ2) is 11.2. The number of sulfonamides is 1. The van der Waals surface area contributed by atoms with E-state index in [2.05, 4.69) is 10.6 Å². The Labute approximate surface area is 197 Å². The number of piperidine rings is 1. The highest BCUT2D eigenvalue weighted by atomic mass is 32.2. The van der Waals surface area contributed by atoms with Gasteiger partial charge in [-0.3, -0.25) is 10.1 Å². The molecule has 2 aromatic rings. The maximum Gasteiger partial charge on any atom is 0.338 e. The van der Waals surface area contributed by atoms with Gasteiger partial charge in [-0.15, -0.1) is 0 Å². The largest absolute Gasteiger partial charge is 0.449 e. The number of halogens is 1. The molecule has 1 saturated heterocycles. The first-order valence-electron chi connectivity index (χ1n) is 10.8. The van der Waals surface area contributed by atoms with Crippen LogP contribution in [0.2, 0.25) is 0 Å². The molecule has 2 N–H and O–H groups in total. The Balaban J connectivity index is 1.60. The van der Waals surface area contributed by atoms with Gasteiger partial charge in [0.15, 0.2) is 6.10 Å². The van der Waals surface area contributed by atoms with E-state index in [1.165, 1.54) is 11.2 Å². The summed E-state index contributed by atoms with van der Waals surface area (Å²) >= 11 is 0. The summed E-state index contributed by atoms with van der Waals surface area (Å²) in [6, 6.07) is 11.1. The fourth-order valence-corrected chi connectivity index (χ4v) is 5.00. The number of imide groups is 1. The van der Waals surface area contributed by atoms with Gasteiger partial charge in [0, 0.05) is 19.6 Å². The lowest BCUT2D eigenvalue weighted by molar-refractivity contribution is -0.127. The minimum Gasteiger partial charge on any atom is -0.449 e. The number of rotatable bonds is 7. The van der Waals surface area contributed by atoms with Crippen LogP contribution in [0, 0.1) is 5.82 Å². The predicted molar refractivity (Wildman–Crippen MR) is 121 cm³/mol. The van der Waals surface area contributed by atoms with Gasteiger partial charge in [0.2, 0.25) is 10.0 Å². The van der Waals surface area contributed by atoms with Crippen LogP contribution in [0.5, 0.6) is 0 Å². The SMILES string of the molecule is CC(OC(=O)c1ccc(F)c(S(=O)(=O)N2CCCCC2)c1)C(=O)NC(=O)NCc1ccccc1. The van der Waals surface area contributed by atoms with Gasteiger partial charge < -0.3 is 10.1 Å². The molecule has 1 aliphatic rings. The molecule has 9 nitrogen and oxygen atoms in total. The van der Waals surface area contributed by atoms with Crippen LogP contribution in [-0.4, -0.2) is 49.8 Å². The Morgan fingerprint density at radius 2 is 1.74 bits per heavy atom. The summed E-state index contributed by atoms with van der Waals surface area (Å²) < 4.78 is 46.2. The van der Waals surface area contributed by atoms with E-state index in [1.807, 2.05) is 6.07 Å². The summed E-state index contributed by atoms with van der Waals surface area (Å²) in [6.45, 7) is 2.00. The van der Waals surface area contributed by atoms with E-state index in [9.17, 15) is 27.2 Å². The van der Waals surface area contributed by atoms with E-state index in [0.29, 0.717) is 12.8 Å². The van der Waals surface area contributed by atoms with Crippen molar-refractivity contribution in [3.8, 4) is 0 Å². The standard InChI is InChI=1S/C23H26FN3O6S/c1-16(21(28)26-23(30)25-15-17-8-4-2-5-9-17)33-22(29)18-10-11-19(24)20(14-18)34(31,32)27-12-6-3-7-13-27/h2,4-5,8-11,14,16H,3,6-7,12-13,15H2,1H3,(H2,25,26,28,30). The third kappa shape index (κ3) is 6.39. The first-order valence-corrected chi connectivity index (χ1v) is 12.3. The van der Waals surface area contributed by atoms with Crippen molar-refractivity contribution in [2.24, 2.45) is 0 Å². The highest BCUT2D eigenvalue weighted by Gasteiger charge is 2.30. The fourth-order valence-electron chi connectivity index (χ4n) is 3.39. The first-order chi connectivity index (χ1) is 16.2. The normalized spacial score (nSPS) is 15.2. The molecular weight excluding hydrogens is 465 g/mol. The van der Waals surface area contributed by atoms with Crippen molar-refractivity contribution in [3.05, 3.63) is 65.5 Å². The molecule has 1 atom stereocenters. The molecule has 182 valence electrons. The van der Waals surface area contributed by atoms with Crippen molar-refractivity contribution < 1.29 is 31.9 Å². The Kier molecular flexibility index (Phi) is 8.35. The second-order valence-corrected chi connectivity index (χ2v) is 9.72. The fraction of sp³-hybridized carbons (Fsp3) is 0.348. The molecule has 2 aromatic carbocycles. The lowest BCUT2D eigenvalue weighted by Crippen LogP contribution is -2.44. The number of urea groups is 1. The minimum absolute atomic E-state index is 0.192. The molecule has 1 fully saturated rings. The van der Waals surface area contributed by atoms with Crippen LogP contribution < -0.4 is 10.6 Å². The summed E-state index contributed by atoms with van der Waals surface area (Å²) in [5, 5.41) is 4.57. The second-order valence-electron chi connectivity index (χ2n) is 7.82. The van der Waals surface area contributed by atoms with E-state index >= 15 is 0 Å². The summed E-state index contributed by atoms with van der Waals surface area (Å²) in [5.74, 6) is -2.88. The number of hydrogen-bond acceptors (Lipinski definition) is 6. The third-order valence-corrected chi connectivity index (χ3v) is 7.20. The van der Waals surface area contributed by atoms with Gasteiger partial charge in [-0.1, -0.05) is 36.8 Å². The molecule has 1 unspecified atom stereocenters. The van der Waals surface area contributed by atoms with Gasteiger partial charge in [0.1, 0.15) is 10.7 Å². The quantitative estimate of drug-likeness (QED) is 0.574. The van der Waals surface area contributed by atoms with Crippen LogP contribution >= 0.6 is 0 Å². The molecule has 3 amide bonds. The number of carbonyl (C=O) groups is 3. The van der Waals surface area contributed by atoms with Crippen molar-refractivity contribution >= 4 is 27.9 Å². The van der Waals surface area contributed by atoms with Crippen molar-refractivity contribution in [2.45, 2.75) is 43.7 Å². The number of carbonyl (C=O) groups excluding carboxylic acids is 3. The zero-order chi connectivity index (χ0) is 24.7.